The Bertz CT molecular complexity index is 745. The van der Waals surface area contributed by atoms with Crippen molar-refractivity contribution in [2.24, 2.45) is 0 Å². The number of hydrogen-bond acceptors (Lipinski definition) is 6. The maximum atomic E-state index is 12.4. The van der Waals surface area contributed by atoms with Crippen LogP contribution in [0.4, 0.5) is 5.69 Å². The number of nitrogens with one attached hydrogen (secondary N) is 1. The molecule has 0 radical (unpaired) electrons. The van der Waals surface area contributed by atoms with E-state index < -0.39 is 29.4 Å². The molecule has 0 spiro atoms. The maximum Gasteiger partial charge on any atom is 0.326 e. The average molecular weight is 391 g/mol. The fourth-order valence-electron chi connectivity index (χ4n) is 3.24. The number of amides is 2. The van der Waals surface area contributed by atoms with Crippen molar-refractivity contribution in [3.63, 3.8) is 0 Å². The zero-order valence-electron chi connectivity index (χ0n) is 16.1. The van der Waals surface area contributed by atoms with Gasteiger partial charge >= 0.3 is 5.97 Å². The van der Waals surface area contributed by atoms with Crippen molar-refractivity contribution in [1.29, 1.82) is 0 Å². The summed E-state index contributed by atoms with van der Waals surface area (Å²) >= 11 is 0. The third-order valence-electron chi connectivity index (χ3n) is 4.84. The van der Waals surface area contributed by atoms with Crippen LogP contribution < -0.4 is 5.32 Å². The van der Waals surface area contributed by atoms with Crippen LogP contribution in [0.15, 0.2) is 24.3 Å². The van der Waals surface area contributed by atoms with E-state index in [1.54, 1.807) is 11.9 Å². The van der Waals surface area contributed by atoms with Gasteiger partial charge in [-0.1, -0.05) is 25.3 Å². The molecule has 0 heterocycles. The van der Waals surface area contributed by atoms with E-state index in [4.69, 9.17) is 4.74 Å². The van der Waals surface area contributed by atoms with Gasteiger partial charge in [0.15, 0.2) is 6.10 Å². The minimum Gasteiger partial charge on any atom is -0.451 e. The van der Waals surface area contributed by atoms with E-state index in [2.05, 4.69) is 5.32 Å². The fourth-order valence-corrected chi connectivity index (χ4v) is 3.24. The molecular weight excluding hydrogens is 366 g/mol. The summed E-state index contributed by atoms with van der Waals surface area (Å²) < 4.78 is 5.12. The number of hydrogen-bond donors (Lipinski definition) is 1. The quantitative estimate of drug-likeness (QED) is 0.432. The van der Waals surface area contributed by atoms with Gasteiger partial charge in [-0.25, -0.2) is 0 Å². The molecule has 1 saturated carbocycles. The summed E-state index contributed by atoms with van der Waals surface area (Å²) in [6.07, 6.45) is 4.28. The zero-order valence-corrected chi connectivity index (χ0v) is 16.1. The molecule has 1 atom stereocenters. The lowest BCUT2D eigenvalue weighted by Crippen LogP contribution is -2.45. The number of non-ortho nitro benzene ring substituents is 1. The van der Waals surface area contributed by atoms with E-state index in [1.807, 2.05) is 0 Å². The van der Waals surface area contributed by atoms with Crippen molar-refractivity contribution < 1.29 is 24.0 Å². The number of nitrogens with zero attached hydrogens (tertiary/aromatic N) is 2. The van der Waals surface area contributed by atoms with Gasteiger partial charge in [-0.15, -0.1) is 0 Å². The van der Waals surface area contributed by atoms with E-state index >= 15 is 0 Å². The van der Waals surface area contributed by atoms with Gasteiger partial charge in [-0.05, 0) is 25.8 Å². The molecule has 152 valence electrons. The summed E-state index contributed by atoms with van der Waals surface area (Å²) in [6.45, 7) is 1.06. The molecule has 9 heteroatoms. The molecule has 1 N–H and O–H groups in total. The van der Waals surface area contributed by atoms with E-state index in [1.165, 1.54) is 31.5 Å². The van der Waals surface area contributed by atoms with Gasteiger partial charge in [-0.2, -0.15) is 0 Å². The fraction of sp³-hybridized carbons (Fsp3) is 0.526. The van der Waals surface area contributed by atoms with Gasteiger partial charge in [0, 0.05) is 30.8 Å². The Kier molecular flexibility index (Phi) is 7.48. The first kappa shape index (κ1) is 21.3. The molecule has 1 aliphatic rings. The molecular formula is C19H25N3O6. The number of esters is 1. The van der Waals surface area contributed by atoms with Crippen LogP contribution in [0.25, 0.3) is 0 Å². The Balaban J connectivity index is 1.82. The number of nitro groups is 1. The first-order valence-corrected chi connectivity index (χ1v) is 9.28. The Labute approximate surface area is 163 Å². The van der Waals surface area contributed by atoms with Gasteiger partial charge in [0.1, 0.15) is 6.54 Å². The van der Waals surface area contributed by atoms with Gasteiger partial charge in [0.05, 0.1) is 4.92 Å². The van der Waals surface area contributed by atoms with E-state index in [0.29, 0.717) is 0 Å². The summed E-state index contributed by atoms with van der Waals surface area (Å²) in [5.41, 5.74) is -0.164. The van der Waals surface area contributed by atoms with Crippen LogP contribution >= 0.6 is 0 Å². The van der Waals surface area contributed by atoms with Crippen LogP contribution in [-0.2, 0) is 14.3 Å². The third kappa shape index (κ3) is 5.77. The predicted molar refractivity (Wildman–Crippen MR) is 101 cm³/mol. The summed E-state index contributed by atoms with van der Waals surface area (Å²) in [5.74, 6) is -1.67. The number of carbonyl (C=O) groups excluding carboxylic acids is 3. The standard InChI is InChI=1S/C19H25N3O6/c1-13(19(25)21(2)15-8-4-3-5-9-15)28-17(23)12-20-18(24)14-7-6-10-16(11-14)22(26)27/h6-7,10-11,13,15H,3-5,8-9,12H2,1-2H3,(H,20,24)/t13-/m0/s1. The second-order valence-electron chi connectivity index (χ2n) is 6.86. The van der Waals surface area contributed by atoms with Crippen molar-refractivity contribution >= 4 is 23.5 Å². The van der Waals surface area contributed by atoms with Gasteiger partial charge < -0.3 is 15.0 Å². The molecule has 1 aromatic carbocycles. The highest BCUT2D eigenvalue weighted by Gasteiger charge is 2.27. The number of benzene rings is 1. The lowest BCUT2D eigenvalue weighted by molar-refractivity contribution is -0.384. The molecule has 1 aromatic rings. The molecule has 0 aromatic heterocycles. The van der Waals surface area contributed by atoms with Gasteiger partial charge in [-0.3, -0.25) is 24.5 Å². The minimum atomic E-state index is -0.950. The van der Waals surface area contributed by atoms with Crippen LogP contribution in [-0.4, -0.2) is 53.3 Å². The van der Waals surface area contributed by atoms with Crippen LogP contribution in [0, 0.1) is 10.1 Å². The van der Waals surface area contributed by atoms with E-state index in [0.717, 1.165) is 31.7 Å². The molecule has 9 nitrogen and oxygen atoms in total. The number of nitro benzene ring substituents is 1. The predicted octanol–water partition coefficient (Wildman–Crippen LogP) is 2.05. The lowest BCUT2D eigenvalue weighted by Gasteiger charge is -2.32. The number of rotatable bonds is 7. The lowest BCUT2D eigenvalue weighted by atomic mass is 9.94. The molecule has 28 heavy (non-hydrogen) atoms. The summed E-state index contributed by atoms with van der Waals surface area (Å²) in [7, 11) is 1.72. The van der Waals surface area contributed by atoms with Crippen LogP contribution in [0.3, 0.4) is 0 Å². The topological polar surface area (TPSA) is 119 Å². The summed E-state index contributed by atoms with van der Waals surface area (Å²) in [4.78, 5) is 48.2. The normalized spacial score (nSPS) is 15.4. The molecule has 1 fully saturated rings. The third-order valence-corrected chi connectivity index (χ3v) is 4.84. The molecule has 2 amide bonds. The molecule has 0 bridgehead atoms. The minimum absolute atomic E-state index is 0.0585. The Morgan fingerprint density at radius 1 is 1.29 bits per heavy atom. The van der Waals surface area contributed by atoms with Gasteiger partial charge in [0.2, 0.25) is 0 Å². The van der Waals surface area contributed by atoms with Gasteiger partial charge in [0.25, 0.3) is 17.5 Å². The van der Waals surface area contributed by atoms with Crippen molar-refractivity contribution in [1.82, 2.24) is 10.2 Å². The van der Waals surface area contributed by atoms with Crippen molar-refractivity contribution in [2.75, 3.05) is 13.6 Å². The summed E-state index contributed by atoms with van der Waals surface area (Å²) in [6, 6.07) is 5.33. The van der Waals surface area contributed by atoms with Crippen molar-refractivity contribution in [3.8, 4) is 0 Å². The van der Waals surface area contributed by atoms with Crippen molar-refractivity contribution in [2.45, 2.75) is 51.2 Å². The number of ether oxygens (including phenoxy) is 1. The smallest absolute Gasteiger partial charge is 0.326 e. The Morgan fingerprint density at radius 3 is 2.61 bits per heavy atom. The highest BCUT2D eigenvalue weighted by molar-refractivity contribution is 5.96. The first-order chi connectivity index (χ1) is 13.3. The van der Waals surface area contributed by atoms with Crippen LogP contribution in [0.1, 0.15) is 49.4 Å². The maximum absolute atomic E-state index is 12.4. The summed E-state index contributed by atoms with van der Waals surface area (Å²) in [5, 5.41) is 13.1. The molecule has 2 rings (SSSR count). The van der Waals surface area contributed by atoms with E-state index in [-0.39, 0.29) is 23.2 Å². The SMILES string of the molecule is C[C@H](OC(=O)CNC(=O)c1cccc([N+](=O)[O-])c1)C(=O)N(C)C1CCCCC1. The van der Waals surface area contributed by atoms with Crippen molar-refractivity contribution in [3.05, 3.63) is 39.9 Å². The highest BCUT2D eigenvalue weighted by Crippen LogP contribution is 2.22. The van der Waals surface area contributed by atoms with Crippen LogP contribution in [0.5, 0.6) is 0 Å². The molecule has 1 aliphatic carbocycles. The molecule has 0 saturated heterocycles. The van der Waals surface area contributed by atoms with E-state index in [9.17, 15) is 24.5 Å². The largest absolute Gasteiger partial charge is 0.451 e. The number of carbonyl (C=O) groups is 3. The number of likely N-dealkylation sites (N-methyl/N-ethyl adjacent to an activating group) is 1. The second kappa shape index (κ2) is 9.82. The Hall–Kier alpha value is -2.97. The average Bonchev–Trinajstić information content (AvgIpc) is 2.71. The zero-order chi connectivity index (χ0) is 20.7. The monoisotopic (exact) mass is 391 g/mol. The second-order valence-corrected chi connectivity index (χ2v) is 6.86. The highest BCUT2D eigenvalue weighted by atomic mass is 16.6. The molecule has 0 aliphatic heterocycles. The first-order valence-electron chi connectivity index (χ1n) is 9.28. The Morgan fingerprint density at radius 2 is 1.96 bits per heavy atom. The van der Waals surface area contributed by atoms with Crippen LogP contribution in [0.2, 0.25) is 0 Å². The molecule has 0 unspecified atom stereocenters.